The van der Waals surface area contributed by atoms with Gasteiger partial charge in [0.15, 0.2) is 11.2 Å². The molecule has 5 heteroatoms. The van der Waals surface area contributed by atoms with Gasteiger partial charge in [0.2, 0.25) is 0 Å². The summed E-state index contributed by atoms with van der Waals surface area (Å²) in [6.45, 7) is 0. The van der Waals surface area contributed by atoms with Crippen LogP contribution >= 0.6 is 22.9 Å². The van der Waals surface area contributed by atoms with Gasteiger partial charge in [-0.25, -0.2) is 4.98 Å². The zero-order valence-corrected chi connectivity index (χ0v) is 10.2. The molecule has 1 aromatic carbocycles. The summed E-state index contributed by atoms with van der Waals surface area (Å²) in [6, 6.07) is 7.43. The molecule has 0 fully saturated rings. The van der Waals surface area contributed by atoms with Gasteiger partial charge in [0.1, 0.15) is 5.69 Å². The molecule has 0 amide bonds. The summed E-state index contributed by atoms with van der Waals surface area (Å²) in [6.07, 6.45) is 4.33. The Morgan fingerprint density at radius 3 is 2.76 bits per heavy atom. The lowest BCUT2D eigenvalue weighted by Gasteiger charge is -1.98. The first-order valence-corrected chi connectivity index (χ1v) is 6.16. The van der Waals surface area contributed by atoms with Crippen molar-refractivity contribution in [1.82, 2.24) is 9.38 Å². The predicted octanol–water partition coefficient (Wildman–Crippen LogP) is 3.53. The molecule has 0 saturated heterocycles. The van der Waals surface area contributed by atoms with Crippen LogP contribution in [0.1, 0.15) is 10.5 Å². The van der Waals surface area contributed by atoms with E-state index in [1.165, 1.54) is 11.3 Å². The summed E-state index contributed by atoms with van der Waals surface area (Å²) in [7, 11) is 0. The number of aromatic nitrogens is 2. The topological polar surface area (TPSA) is 34.4 Å². The van der Waals surface area contributed by atoms with E-state index < -0.39 is 0 Å². The van der Waals surface area contributed by atoms with E-state index in [1.54, 1.807) is 16.8 Å². The lowest BCUT2D eigenvalue weighted by Crippen LogP contribution is -1.89. The zero-order valence-electron chi connectivity index (χ0n) is 8.63. The molecule has 3 aromatic rings. The number of nitrogens with zero attached hydrogens (tertiary/aromatic N) is 2. The molecule has 0 saturated carbocycles. The first kappa shape index (κ1) is 10.5. The number of carbonyl (C=O) groups is 1. The normalized spacial score (nSPS) is 10.9. The Balaban J connectivity index is 2.25. The third kappa shape index (κ3) is 1.66. The van der Waals surface area contributed by atoms with E-state index in [0.29, 0.717) is 10.7 Å². The largest absolute Gasteiger partial charge is 0.296 e. The summed E-state index contributed by atoms with van der Waals surface area (Å²) in [5.41, 5.74) is 1.61. The SMILES string of the molecule is O=Cc1c(-c2ccc(Cl)cc2)sc2nccn12. The Morgan fingerprint density at radius 1 is 1.29 bits per heavy atom. The first-order chi connectivity index (χ1) is 8.29. The second-order valence-corrected chi connectivity index (χ2v) is 4.93. The van der Waals surface area contributed by atoms with Crippen LogP contribution in [-0.4, -0.2) is 15.7 Å². The molecule has 0 aliphatic heterocycles. The van der Waals surface area contributed by atoms with Crippen LogP contribution in [0.2, 0.25) is 5.02 Å². The highest BCUT2D eigenvalue weighted by atomic mass is 35.5. The molecular formula is C12H7ClN2OS. The summed E-state index contributed by atoms with van der Waals surface area (Å²) in [5, 5.41) is 0.683. The lowest BCUT2D eigenvalue weighted by molar-refractivity contribution is 0.111. The number of hydrogen-bond donors (Lipinski definition) is 0. The molecule has 0 aliphatic carbocycles. The Bertz CT molecular complexity index is 684. The Hall–Kier alpha value is -1.65. The molecule has 2 heterocycles. The van der Waals surface area contributed by atoms with Crippen molar-refractivity contribution >= 4 is 34.2 Å². The van der Waals surface area contributed by atoms with Crippen LogP contribution in [0.3, 0.4) is 0 Å². The number of benzene rings is 1. The molecule has 0 N–H and O–H groups in total. The van der Waals surface area contributed by atoms with Crippen molar-refractivity contribution in [3.8, 4) is 10.4 Å². The number of hydrogen-bond acceptors (Lipinski definition) is 3. The maximum Gasteiger partial charge on any atom is 0.194 e. The van der Waals surface area contributed by atoms with Crippen LogP contribution in [0.15, 0.2) is 36.7 Å². The van der Waals surface area contributed by atoms with Crippen LogP contribution in [0.25, 0.3) is 15.4 Å². The van der Waals surface area contributed by atoms with Gasteiger partial charge in [0.25, 0.3) is 0 Å². The molecule has 3 rings (SSSR count). The fraction of sp³-hybridized carbons (Fsp3) is 0. The van der Waals surface area contributed by atoms with E-state index in [-0.39, 0.29) is 0 Å². The summed E-state index contributed by atoms with van der Waals surface area (Å²) < 4.78 is 1.79. The van der Waals surface area contributed by atoms with Crippen molar-refractivity contribution in [2.75, 3.05) is 0 Å². The van der Waals surface area contributed by atoms with Gasteiger partial charge in [-0.15, -0.1) is 0 Å². The van der Waals surface area contributed by atoms with E-state index in [1.807, 2.05) is 24.3 Å². The van der Waals surface area contributed by atoms with E-state index >= 15 is 0 Å². The third-order valence-corrected chi connectivity index (χ3v) is 3.90. The maximum atomic E-state index is 11.2. The van der Waals surface area contributed by atoms with Gasteiger partial charge >= 0.3 is 0 Å². The highest BCUT2D eigenvalue weighted by molar-refractivity contribution is 7.20. The van der Waals surface area contributed by atoms with E-state index in [4.69, 9.17) is 11.6 Å². The highest BCUT2D eigenvalue weighted by Crippen LogP contribution is 2.32. The Morgan fingerprint density at radius 2 is 2.06 bits per heavy atom. The average Bonchev–Trinajstić information content (AvgIpc) is 2.89. The Labute approximate surface area is 106 Å². The molecule has 0 radical (unpaired) electrons. The molecule has 17 heavy (non-hydrogen) atoms. The molecule has 3 nitrogen and oxygen atoms in total. The van der Waals surface area contributed by atoms with E-state index in [9.17, 15) is 4.79 Å². The highest BCUT2D eigenvalue weighted by Gasteiger charge is 2.13. The lowest BCUT2D eigenvalue weighted by atomic mass is 10.1. The smallest absolute Gasteiger partial charge is 0.194 e. The quantitative estimate of drug-likeness (QED) is 0.662. The third-order valence-electron chi connectivity index (χ3n) is 2.51. The average molecular weight is 263 g/mol. The Kier molecular flexibility index (Phi) is 2.46. The van der Waals surface area contributed by atoms with Crippen molar-refractivity contribution in [3.05, 3.63) is 47.4 Å². The van der Waals surface area contributed by atoms with E-state index in [2.05, 4.69) is 4.98 Å². The summed E-state index contributed by atoms with van der Waals surface area (Å²) in [4.78, 5) is 17.1. The van der Waals surface area contributed by atoms with Crippen LogP contribution in [-0.2, 0) is 0 Å². The number of thiazole rings is 1. The van der Waals surface area contributed by atoms with Gasteiger partial charge in [0, 0.05) is 17.4 Å². The number of imidazole rings is 1. The molecule has 0 unspecified atom stereocenters. The number of aldehydes is 1. The van der Waals surface area contributed by atoms with Crippen LogP contribution in [0.4, 0.5) is 0 Å². The maximum absolute atomic E-state index is 11.2. The van der Waals surface area contributed by atoms with Gasteiger partial charge in [0.05, 0.1) is 4.88 Å². The minimum atomic E-state index is 0.629. The predicted molar refractivity (Wildman–Crippen MR) is 68.9 cm³/mol. The van der Waals surface area contributed by atoms with Gasteiger partial charge in [-0.3, -0.25) is 9.20 Å². The standard InChI is InChI=1S/C12H7ClN2OS/c13-9-3-1-8(2-4-9)11-10(7-16)15-6-5-14-12(15)17-11/h1-7H. The molecule has 0 spiro atoms. The minimum absolute atomic E-state index is 0.629. The van der Waals surface area contributed by atoms with Gasteiger partial charge in [-0.1, -0.05) is 35.1 Å². The van der Waals surface area contributed by atoms with Crippen LogP contribution < -0.4 is 0 Å². The fourth-order valence-electron chi connectivity index (χ4n) is 1.72. The van der Waals surface area contributed by atoms with Crippen molar-refractivity contribution in [2.24, 2.45) is 0 Å². The molecule has 2 aromatic heterocycles. The second kappa shape index (κ2) is 3.98. The van der Waals surface area contributed by atoms with E-state index in [0.717, 1.165) is 21.7 Å². The number of carbonyl (C=O) groups excluding carboxylic acids is 1. The monoisotopic (exact) mass is 262 g/mol. The van der Waals surface area contributed by atoms with Crippen molar-refractivity contribution < 1.29 is 4.79 Å². The van der Waals surface area contributed by atoms with Crippen LogP contribution in [0, 0.1) is 0 Å². The summed E-state index contributed by atoms with van der Waals surface area (Å²) >= 11 is 7.34. The van der Waals surface area contributed by atoms with Gasteiger partial charge in [-0.2, -0.15) is 0 Å². The number of rotatable bonds is 2. The van der Waals surface area contributed by atoms with Crippen molar-refractivity contribution in [2.45, 2.75) is 0 Å². The molecule has 0 bridgehead atoms. The first-order valence-electron chi connectivity index (χ1n) is 4.96. The molecular weight excluding hydrogens is 256 g/mol. The molecule has 0 aliphatic rings. The molecule has 0 atom stereocenters. The van der Waals surface area contributed by atoms with Gasteiger partial charge < -0.3 is 0 Å². The van der Waals surface area contributed by atoms with Crippen molar-refractivity contribution in [1.29, 1.82) is 0 Å². The fourth-order valence-corrected chi connectivity index (χ4v) is 2.90. The minimum Gasteiger partial charge on any atom is -0.296 e. The van der Waals surface area contributed by atoms with Crippen LogP contribution in [0.5, 0.6) is 0 Å². The molecule has 84 valence electrons. The van der Waals surface area contributed by atoms with Crippen molar-refractivity contribution in [3.63, 3.8) is 0 Å². The number of halogens is 1. The summed E-state index contributed by atoms with van der Waals surface area (Å²) in [5.74, 6) is 0. The second-order valence-electron chi connectivity index (χ2n) is 3.52. The zero-order chi connectivity index (χ0) is 11.8. The number of fused-ring (bicyclic) bond motifs is 1. The van der Waals surface area contributed by atoms with Gasteiger partial charge in [-0.05, 0) is 17.7 Å².